The third kappa shape index (κ3) is 1.39. The highest BCUT2D eigenvalue weighted by Gasteiger charge is 2.02. The number of H-pyrrole nitrogens is 1. The fourth-order valence-electron chi connectivity index (χ4n) is 1.41. The van der Waals surface area contributed by atoms with Crippen LogP contribution in [0, 0.1) is 6.92 Å². The van der Waals surface area contributed by atoms with Crippen molar-refractivity contribution in [2.24, 2.45) is 0 Å². The first-order chi connectivity index (χ1) is 6.70. The second kappa shape index (κ2) is 3.21. The van der Waals surface area contributed by atoms with Gasteiger partial charge in [-0.25, -0.2) is 9.97 Å². The molecule has 2 rings (SSSR count). The minimum atomic E-state index is -0.127. The van der Waals surface area contributed by atoms with E-state index in [2.05, 4.69) is 15.0 Å². The molecule has 2 aromatic heterocycles. The Balaban J connectivity index is 2.83. The van der Waals surface area contributed by atoms with Crippen molar-refractivity contribution in [1.82, 2.24) is 15.0 Å². The van der Waals surface area contributed by atoms with Gasteiger partial charge in [-0.15, -0.1) is 0 Å². The average molecular weight is 189 g/mol. The summed E-state index contributed by atoms with van der Waals surface area (Å²) in [5, 5.41) is 0.904. The SMILES string of the molecule is CCc1nc(C)c2ccc(=O)[nH]c2n1. The van der Waals surface area contributed by atoms with Gasteiger partial charge < -0.3 is 4.98 Å². The standard InChI is InChI=1S/C10H11N3O/c1-3-8-11-6(2)7-4-5-9(14)13-10(7)12-8/h4-5H,3H2,1-2H3,(H,11,12,13,14). The molecule has 0 aromatic carbocycles. The van der Waals surface area contributed by atoms with Crippen LogP contribution >= 0.6 is 0 Å². The average Bonchev–Trinajstić information content (AvgIpc) is 2.16. The van der Waals surface area contributed by atoms with Crippen molar-refractivity contribution < 1.29 is 0 Å². The van der Waals surface area contributed by atoms with E-state index in [1.165, 1.54) is 6.07 Å². The number of hydrogen-bond donors (Lipinski definition) is 1. The lowest BCUT2D eigenvalue weighted by Crippen LogP contribution is -2.06. The first-order valence-electron chi connectivity index (χ1n) is 4.57. The van der Waals surface area contributed by atoms with Crippen LogP contribution in [0.15, 0.2) is 16.9 Å². The van der Waals surface area contributed by atoms with Crippen LogP contribution in [0.1, 0.15) is 18.4 Å². The molecule has 1 N–H and O–H groups in total. The summed E-state index contributed by atoms with van der Waals surface area (Å²) < 4.78 is 0. The number of fused-ring (bicyclic) bond motifs is 1. The van der Waals surface area contributed by atoms with Crippen molar-refractivity contribution in [1.29, 1.82) is 0 Å². The molecule has 2 heterocycles. The summed E-state index contributed by atoms with van der Waals surface area (Å²) in [4.78, 5) is 22.3. The van der Waals surface area contributed by atoms with Crippen LogP contribution in [0.25, 0.3) is 11.0 Å². The maximum absolute atomic E-state index is 11.1. The van der Waals surface area contributed by atoms with Crippen LogP contribution < -0.4 is 5.56 Å². The maximum Gasteiger partial charge on any atom is 0.249 e. The van der Waals surface area contributed by atoms with Gasteiger partial charge in [-0.05, 0) is 13.0 Å². The Labute approximate surface area is 81.0 Å². The van der Waals surface area contributed by atoms with E-state index >= 15 is 0 Å². The molecule has 0 unspecified atom stereocenters. The highest BCUT2D eigenvalue weighted by Crippen LogP contribution is 2.10. The molecular formula is C10H11N3O. The van der Waals surface area contributed by atoms with E-state index in [4.69, 9.17) is 0 Å². The van der Waals surface area contributed by atoms with E-state index in [1.54, 1.807) is 6.07 Å². The Kier molecular flexibility index (Phi) is 2.04. The molecule has 0 bridgehead atoms. The lowest BCUT2D eigenvalue weighted by molar-refractivity contribution is 0.932. The summed E-state index contributed by atoms with van der Waals surface area (Å²) in [5.41, 5.74) is 1.41. The molecule has 0 aliphatic carbocycles. The van der Waals surface area contributed by atoms with Crippen molar-refractivity contribution in [2.45, 2.75) is 20.3 Å². The molecule has 0 atom stereocenters. The van der Waals surface area contributed by atoms with Crippen molar-refractivity contribution in [3.8, 4) is 0 Å². The van der Waals surface area contributed by atoms with Gasteiger partial charge in [-0.1, -0.05) is 6.92 Å². The van der Waals surface area contributed by atoms with Gasteiger partial charge in [0.25, 0.3) is 0 Å². The molecule has 14 heavy (non-hydrogen) atoms. The number of aromatic amines is 1. The zero-order valence-corrected chi connectivity index (χ0v) is 8.16. The van der Waals surface area contributed by atoms with Gasteiger partial charge in [0.1, 0.15) is 11.5 Å². The molecule has 0 aliphatic rings. The normalized spacial score (nSPS) is 10.7. The van der Waals surface area contributed by atoms with Crippen LogP contribution in [0.3, 0.4) is 0 Å². The first-order valence-corrected chi connectivity index (χ1v) is 4.57. The number of aryl methyl sites for hydroxylation is 2. The molecule has 72 valence electrons. The monoisotopic (exact) mass is 189 g/mol. The van der Waals surface area contributed by atoms with Gasteiger partial charge in [0.15, 0.2) is 0 Å². The number of hydrogen-bond acceptors (Lipinski definition) is 3. The van der Waals surface area contributed by atoms with Crippen molar-refractivity contribution in [3.63, 3.8) is 0 Å². The first kappa shape index (κ1) is 8.87. The highest BCUT2D eigenvalue weighted by molar-refractivity contribution is 5.76. The van der Waals surface area contributed by atoms with Gasteiger partial charge in [-0.3, -0.25) is 4.79 Å². The van der Waals surface area contributed by atoms with Crippen LogP contribution in [0.4, 0.5) is 0 Å². The van der Waals surface area contributed by atoms with Gasteiger partial charge in [-0.2, -0.15) is 0 Å². The van der Waals surface area contributed by atoms with Crippen LogP contribution in [0.5, 0.6) is 0 Å². The minimum absolute atomic E-state index is 0.127. The van der Waals surface area contributed by atoms with E-state index in [-0.39, 0.29) is 5.56 Å². The van der Waals surface area contributed by atoms with E-state index in [9.17, 15) is 4.79 Å². The molecule has 0 radical (unpaired) electrons. The van der Waals surface area contributed by atoms with E-state index in [0.29, 0.717) is 5.65 Å². The van der Waals surface area contributed by atoms with E-state index in [0.717, 1.165) is 23.3 Å². The Morgan fingerprint density at radius 3 is 2.86 bits per heavy atom. The lowest BCUT2D eigenvalue weighted by Gasteiger charge is -2.02. The van der Waals surface area contributed by atoms with Crippen molar-refractivity contribution >= 4 is 11.0 Å². The van der Waals surface area contributed by atoms with Crippen molar-refractivity contribution in [2.75, 3.05) is 0 Å². The fourth-order valence-corrected chi connectivity index (χ4v) is 1.41. The summed E-state index contributed by atoms with van der Waals surface area (Å²) in [6, 6.07) is 3.24. The molecule has 4 heteroatoms. The predicted octanol–water partition coefficient (Wildman–Crippen LogP) is 1.19. The van der Waals surface area contributed by atoms with E-state index in [1.807, 2.05) is 13.8 Å². The Morgan fingerprint density at radius 2 is 2.14 bits per heavy atom. The number of nitrogens with zero attached hydrogens (tertiary/aromatic N) is 2. The summed E-state index contributed by atoms with van der Waals surface area (Å²) in [5.74, 6) is 0.761. The second-order valence-corrected chi connectivity index (χ2v) is 3.16. The van der Waals surface area contributed by atoms with Crippen molar-refractivity contribution in [3.05, 3.63) is 34.0 Å². The molecule has 0 saturated carbocycles. The van der Waals surface area contributed by atoms with E-state index < -0.39 is 0 Å². The van der Waals surface area contributed by atoms with Crippen LogP contribution in [-0.2, 0) is 6.42 Å². The highest BCUT2D eigenvalue weighted by atomic mass is 16.1. The zero-order chi connectivity index (χ0) is 10.1. The molecule has 0 amide bonds. The quantitative estimate of drug-likeness (QED) is 0.733. The van der Waals surface area contributed by atoms with Crippen LogP contribution in [0.2, 0.25) is 0 Å². The largest absolute Gasteiger partial charge is 0.306 e. The molecule has 0 aliphatic heterocycles. The second-order valence-electron chi connectivity index (χ2n) is 3.16. The summed E-state index contributed by atoms with van der Waals surface area (Å²) in [7, 11) is 0. The topological polar surface area (TPSA) is 58.6 Å². The predicted molar refractivity (Wildman–Crippen MR) is 54.3 cm³/mol. The fraction of sp³-hybridized carbons (Fsp3) is 0.300. The molecule has 2 aromatic rings. The Bertz CT molecular complexity index is 530. The maximum atomic E-state index is 11.1. The number of nitrogens with one attached hydrogen (secondary N) is 1. The Morgan fingerprint density at radius 1 is 1.36 bits per heavy atom. The van der Waals surface area contributed by atoms with Gasteiger partial charge in [0.2, 0.25) is 5.56 Å². The van der Waals surface area contributed by atoms with Gasteiger partial charge in [0.05, 0.1) is 5.69 Å². The Hall–Kier alpha value is -1.71. The van der Waals surface area contributed by atoms with Gasteiger partial charge >= 0.3 is 0 Å². The number of aromatic nitrogens is 3. The summed E-state index contributed by atoms with van der Waals surface area (Å²) >= 11 is 0. The minimum Gasteiger partial charge on any atom is -0.306 e. The molecule has 4 nitrogen and oxygen atoms in total. The summed E-state index contributed by atoms with van der Waals surface area (Å²) in [6.07, 6.45) is 0.772. The number of pyridine rings is 1. The zero-order valence-electron chi connectivity index (χ0n) is 8.16. The summed E-state index contributed by atoms with van der Waals surface area (Å²) in [6.45, 7) is 3.91. The third-order valence-corrected chi connectivity index (χ3v) is 2.14. The molecular weight excluding hydrogens is 178 g/mol. The van der Waals surface area contributed by atoms with Gasteiger partial charge in [0, 0.05) is 17.9 Å². The smallest absolute Gasteiger partial charge is 0.249 e. The lowest BCUT2D eigenvalue weighted by atomic mass is 10.2. The number of rotatable bonds is 1. The van der Waals surface area contributed by atoms with Crippen LogP contribution in [-0.4, -0.2) is 15.0 Å². The molecule has 0 saturated heterocycles. The third-order valence-electron chi connectivity index (χ3n) is 2.14. The molecule has 0 fully saturated rings. The molecule has 0 spiro atoms.